The van der Waals surface area contributed by atoms with Crippen molar-refractivity contribution >= 4 is 28.3 Å². The Morgan fingerprint density at radius 3 is 2.71 bits per heavy atom. The van der Waals surface area contributed by atoms with Gasteiger partial charge in [0.1, 0.15) is 12.4 Å². The average Bonchev–Trinajstić information content (AvgIpc) is 3.04. The van der Waals surface area contributed by atoms with Crippen molar-refractivity contribution in [1.82, 2.24) is 0 Å². The van der Waals surface area contributed by atoms with Crippen LogP contribution < -0.4 is 4.74 Å². The van der Waals surface area contributed by atoms with Crippen LogP contribution >= 0.6 is 22.6 Å². The van der Waals surface area contributed by atoms with E-state index in [1.165, 1.54) is 26.0 Å². The van der Waals surface area contributed by atoms with Gasteiger partial charge in [-0.1, -0.05) is 30.3 Å². The van der Waals surface area contributed by atoms with Crippen molar-refractivity contribution in [3.05, 3.63) is 62.7 Å². The molecule has 0 bridgehead atoms. The Morgan fingerprint density at radius 2 is 1.92 bits per heavy atom. The minimum absolute atomic E-state index is 0.605. The molecule has 0 radical (unpaired) electrons. The molecule has 0 unspecified atom stereocenters. The van der Waals surface area contributed by atoms with Crippen LogP contribution in [0.4, 0.5) is 0 Å². The van der Waals surface area contributed by atoms with E-state index in [0.29, 0.717) is 6.61 Å². The number of rotatable bonds is 7. The fourth-order valence-electron chi connectivity index (χ4n) is 2.98. The van der Waals surface area contributed by atoms with Crippen LogP contribution in [0.3, 0.4) is 0 Å². The first-order valence-corrected chi connectivity index (χ1v) is 9.38. The predicted molar refractivity (Wildman–Crippen MR) is 106 cm³/mol. The Balaban J connectivity index is 1.75. The first kappa shape index (κ1) is 17.4. The fourth-order valence-corrected chi connectivity index (χ4v) is 3.80. The molecule has 0 fully saturated rings. The van der Waals surface area contributed by atoms with Crippen LogP contribution in [0.25, 0.3) is 0 Å². The molecule has 126 valence electrons. The molecule has 0 N–H and O–H groups in total. The number of fused-ring (bicyclic) bond motifs is 1. The van der Waals surface area contributed by atoms with E-state index in [-0.39, 0.29) is 0 Å². The number of hydrogen-bond donors (Lipinski definition) is 0. The van der Waals surface area contributed by atoms with Gasteiger partial charge in [-0.2, -0.15) is 0 Å². The summed E-state index contributed by atoms with van der Waals surface area (Å²) < 4.78 is 12.5. The highest BCUT2D eigenvalue weighted by molar-refractivity contribution is 14.1. The Morgan fingerprint density at radius 1 is 1.08 bits per heavy atom. The molecule has 1 aliphatic carbocycles. The van der Waals surface area contributed by atoms with Crippen molar-refractivity contribution in [2.45, 2.75) is 25.9 Å². The molecular weight excluding hydrogens is 413 g/mol. The highest BCUT2D eigenvalue weighted by Crippen LogP contribution is 2.35. The van der Waals surface area contributed by atoms with E-state index in [0.717, 1.165) is 38.2 Å². The van der Waals surface area contributed by atoms with Gasteiger partial charge in [0.2, 0.25) is 0 Å². The number of halogens is 1. The highest BCUT2D eigenvalue weighted by atomic mass is 127. The third kappa shape index (κ3) is 4.16. The largest absolute Gasteiger partial charge is 0.489 e. The summed E-state index contributed by atoms with van der Waals surface area (Å²) in [6, 6.07) is 14.5. The van der Waals surface area contributed by atoms with Crippen LogP contribution in [0.5, 0.6) is 5.75 Å². The molecular formula is C20H22INO2. The summed E-state index contributed by atoms with van der Waals surface area (Å²) in [7, 11) is 1.73. The normalized spacial score (nSPS) is 14.8. The molecule has 2 aromatic carbocycles. The first-order chi connectivity index (χ1) is 11.8. The van der Waals surface area contributed by atoms with Gasteiger partial charge in [0.25, 0.3) is 0 Å². The van der Waals surface area contributed by atoms with E-state index in [1.54, 1.807) is 7.11 Å². The minimum atomic E-state index is 0.605. The number of nitrogens with zero attached hydrogens (tertiary/aromatic N) is 1. The predicted octanol–water partition coefficient (Wildman–Crippen LogP) is 4.64. The van der Waals surface area contributed by atoms with Crippen LogP contribution in [-0.4, -0.2) is 26.0 Å². The smallest absolute Gasteiger partial charge is 0.123 e. The SMILES string of the molecule is COCCCN=C1CCc2c(OCc3ccccc3)ccc(I)c21. The van der Waals surface area contributed by atoms with Gasteiger partial charge in [-0.25, -0.2) is 0 Å². The zero-order valence-corrected chi connectivity index (χ0v) is 16.1. The van der Waals surface area contributed by atoms with E-state index in [9.17, 15) is 0 Å². The third-order valence-corrected chi connectivity index (χ3v) is 5.06. The maximum Gasteiger partial charge on any atom is 0.123 e. The lowest BCUT2D eigenvalue weighted by Crippen LogP contribution is -2.03. The zero-order chi connectivity index (χ0) is 16.8. The molecule has 1 aliphatic rings. The number of hydrogen-bond acceptors (Lipinski definition) is 3. The fraction of sp³-hybridized carbons (Fsp3) is 0.350. The Labute approximate surface area is 157 Å². The van der Waals surface area contributed by atoms with Crippen molar-refractivity contribution in [1.29, 1.82) is 0 Å². The Bertz CT molecular complexity index is 713. The molecule has 0 spiro atoms. The van der Waals surface area contributed by atoms with E-state index in [2.05, 4.69) is 46.9 Å². The van der Waals surface area contributed by atoms with E-state index in [1.807, 2.05) is 18.2 Å². The lowest BCUT2D eigenvalue weighted by Gasteiger charge is -2.12. The number of benzene rings is 2. The van der Waals surface area contributed by atoms with Gasteiger partial charge >= 0.3 is 0 Å². The molecule has 0 saturated carbocycles. The topological polar surface area (TPSA) is 30.8 Å². The summed E-state index contributed by atoms with van der Waals surface area (Å²) in [4.78, 5) is 4.80. The average molecular weight is 435 g/mol. The molecule has 0 heterocycles. The summed E-state index contributed by atoms with van der Waals surface area (Å²) in [5.74, 6) is 0.997. The van der Waals surface area contributed by atoms with Crippen molar-refractivity contribution in [2.24, 2.45) is 4.99 Å². The van der Waals surface area contributed by atoms with Gasteiger partial charge < -0.3 is 9.47 Å². The second-order valence-electron chi connectivity index (χ2n) is 5.85. The van der Waals surface area contributed by atoms with Gasteiger partial charge in [-0.3, -0.25) is 4.99 Å². The molecule has 0 aromatic heterocycles. The van der Waals surface area contributed by atoms with Crippen molar-refractivity contribution < 1.29 is 9.47 Å². The second kappa shape index (κ2) is 8.62. The van der Waals surface area contributed by atoms with Crippen molar-refractivity contribution in [3.8, 4) is 5.75 Å². The number of ether oxygens (including phenoxy) is 2. The molecule has 3 rings (SSSR count). The van der Waals surface area contributed by atoms with Gasteiger partial charge in [0.15, 0.2) is 0 Å². The molecule has 0 atom stereocenters. The van der Waals surface area contributed by atoms with Crippen molar-refractivity contribution in [2.75, 3.05) is 20.3 Å². The molecule has 0 aliphatic heterocycles. The van der Waals surface area contributed by atoms with E-state index < -0.39 is 0 Å². The monoisotopic (exact) mass is 435 g/mol. The Kier molecular flexibility index (Phi) is 6.26. The molecule has 0 saturated heterocycles. The quantitative estimate of drug-likeness (QED) is 0.469. The third-order valence-electron chi connectivity index (χ3n) is 4.17. The standard InChI is InChI=1S/C20H22INO2/c1-23-13-5-12-22-18-10-8-16-19(11-9-17(21)20(16)18)24-14-15-6-3-2-4-7-15/h2-4,6-7,9,11H,5,8,10,12-14H2,1H3. The van der Waals surface area contributed by atoms with Crippen LogP contribution in [0.2, 0.25) is 0 Å². The molecule has 0 amide bonds. The molecule has 4 heteroatoms. The van der Waals surface area contributed by atoms with Crippen LogP contribution in [0.15, 0.2) is 47.5 Å². The summed E-state index contributed by atoms with van der Waals surface area (Å²) in [5.41, 5.74) is 5.01. The maximum absolute atomic E-state index is 6.10. The zero-order valence-electron chi connectivity index (χ0n) is 13.9. The second-order valence-corrected chi connectivity index (χ2v) is 7.01. The summed E-state index contributed by atoms with van der Waals surface area (Å²) in [6.45, 7) is 2.20. The van der Waals surface area contributed by atoms with Gasteiger partial charge in [-0.05, 0) is 59.5 Å². The van der Waals surface area contributed by atoms with Gasteiger partial charge in [-0.15, -0.1) is 0 Å². The van der Waals surface area contributed by atoms with Gasteiger partial charge in [0, 0.05) is 40.7 Å². The summed E-state index contributed by atoms with van der Waals surface area (Å²) >= 11 is 2.41. The van der Waals surface area contributed by atoms with Gasteiger partial charge in [0.05, 0.1) is 0 Å². The molecule has 2 aromatic rings. The highest BCUT2D eigenvalue weighted by Gasteiger charge is 2.24. The molecule has 3 nitrogen and oxygen atoms in total. The van der Waals surface area contributed by atoms with Crippen LogP contribution in [0.1, 0.15) is 29.5 Å². The van der Waals surface area contributed by atoms with Crippen LogP contribution in [0, 0.1) is 3.57 Å². The maximum atomic E-state index is 6.10. The van der Waals surface area contributed by atoms with E-state index in [4.69, 9.17) is 14.5 Å². The minimum Gasteiger partial charge on any atom is -0.489 e. The lowest BCUT2D eigenvalue weighted by atomic mass is 10.1. The summed E-state index contributed by atoms with van der Waals surface area (Å²) in [6.07, 6.45) is 2.99. The van der Waals surface area contributed by atoms with Crippen LogP contribution in [-0.2, 0) is 17.8 Å². The molecule has 24 heavy (non-hydrogen) atoms. The lowest BCUT2D eigenvalue weighted by molar-refractivity contribution is 0.197. The summed E-state index contributed by atoms with van der Waals surface area (Å²) in [5, 5.41) is 0. The number of methoxy groups -OCH3 is 1. The van der Waals surface area contributed by atoms with Crippen molar-refractivity contribution in [3.63, 3.8) is 0 Å². The van der Waals surface area contributed by atoms with E-state index >= 15 is 0 Å². The first-order valence-electron chi connectivity index (χ1n) is 8.30. The Hall–Kier alpha value is -1.40. The number of aliphatic imine (C=N–C) groups is 1.